The molecule has 0 heterocycles. The molecular formula is C9H12. The predicted molar refractivity (Wildman–Crippen MR) is 39.1 cm³/mol. The van der Waals surface area contributed by atoms with Crippen LogP contribution in [0.1, 0.15) is 19.8 Å². The molecule has 0 bridgehead atoms. The zero-order valence-corrected chi connectivity index (χ0v) is 5.80. The molecule has 0 aromatic rings. The molecule has 0 aliphatic heterocycles. The van der Waals surface area contributed by atoms with Gasteiger partial charge in [0.05, 0.1) is 0 Å². The Balaban J connectivity index is 2.25. The molecule has 0 spiro atoms. The Morgan fingerprint density at radius 1 is 1.44 bits per heavy atom. The summed E-state index contributed by atoms with van der Waals surface area (Å²) in [4.78, 5) is 0. The normalized spacial score (nSPS) is 46.1. The molecule has 0 aromatic carbocycles. The van der Waals surface area contributed by atoms with Gasteiger partial charge in [0.2, 0.25) is 0 Å². The topological polar surface area (TPSA) is 0 Å². The van der Waals surface area contributed by atoms with E-state index in [0.717, 1.165) is 12.3 Å². The van der Waals surface area contributed by atoms with Crippen LogP contribution in [0.3, 0.4) is 0 Å². The van der Waals surface area contributed by atoms with Crippen molar-refractivity contribution >= 4 is 0 Å². The second kappa shape index (κ2) is 1.50. The molecule has 0 nitrogen and oxygen atoms in total. The fraction of sp³-hybridized carbons (Fsp3) is 0.556. The average Bonchev–Trinajstić information content (AvgIpc) is 2.40. The number of allylic oxidation sites excluding steroid dienone is 4. The largest absolute Gasteiger partial charge is 0.0844 e. The third-order valence-electron chi connectivity index (χ3n) is 2.49. The summed E-state index contributed by atoms with van der Waals surface area (Å²) in [6.45, 7) is 2.34. The van der Waals surface area contributed by atoms with Crippen LogP contribution in [0, 0.1) is 11.3 Å². The lowest BCUT2D eigenvalue weighted by atomic mass is 10.1. The van der Waals surface area contributed by atoms with E-state index in [1.165, 1.54) is 6.42 Å². The first kappa shape index (κ1) is 5.28. The molecule has 1 saturated carbocycles. The summed E-state index contributed by atoms with van der Waals surface area (Å²) < 4.78 is 0. The summed E-state index contributed by atoms with van der Waals surface area (Å²) in [5.41, 5.74) is 0.562. The van der Waals surface area contributed by atoms with Gasteiger partial charge in [-0.05, 0) is 24.2 Å². The van der Waals surface area contributed by atoms with Crippen molar-refractivity contribution in [2.75, 3.05) is 0 Å². The van der Waals surface area contributed by atoms with Gasteiger partial charge in [0.25, 0.3) is 0 Å². The number of fused-ring (bicyclic) bond motifs is 1. The monoisotopic (exact) mass is 120 g/mol. The summed E-state index contributed by atoms with van der Waals surface area (Å²) in [6.07, 6.45) is 11.8. The minimum atomic E-state index is 0.562. The fourth-order valence-corrected chi connectivity index (χ4v) is 1.55. The molecule has 9 heavy (non-hydrogen) atoms. The lowest BCUT2D eigenvalue weighted by molar-refractivity contribution is 0.698. The molecule has 0 heteroatoms. The van der Waals surface area contributed by atoms with Crippen LogP contribution in [-0.4, -0.2) is 0 Å². The van der Waals surface area contributed by atoms with Crippen molar-refractivity contribution in [1.82, 2.24) is 0 Å². The van der Waals surface area contributed by atoms with Crippen molar-refractivity contribution in [1.29, 1.82) is 0 Å². The molecule has 2 rings (SSSR count). The van der Waals surface area contributed by atoms with Gasteiger partial charge >= 0.3 is 0 Å². The second-order valence-electron chi connectivity index (χ2n) is 3.38. The van der Waals surface area contributed by atoms with Crippen molar-refractivity contribution < 1.29 is 0 Å². The van der Waals surface area contributed by atoms with E-state index >= 15 is 0 Å². The smallest absolute Gasteiger partial charge is 0.00775 e. The van der Waals surface area contributed by atoms with Gasteiger partial charge in [-0.25, -0.2) is 0 Å². The van der Waals surface area contributed by atoms with Crippen LogP contribution in [0.4, 0.5) is 0 Å². The van der Waals surface area contributed by atoms with Crippen molar-refractivity contribution in [3.05, 3.63) is 24.3 Å². The van der Waals surface area contributed by atoms with Crippen molar-refractivity contribution in [3.8, 4) is 0 Å². The predicted octanol–water partition coefficient (Wildman–Crippen LogP) is 2.53. The van der Waals surface area contributed by atoms with Crippen LogP contribution in [0.2, 0.25) is 0 Å². The van der Waals surface area contributed by atoms with Crippen LogP contribution in [0.15, 0.2) is 24.3 Å². The first-order valence-corrected chi connectivity index (χ1v) is 3.66. The van der Waals surface area contributed by atoms with Gasteiger partial charge < -0.3 is 0 Å². The lowest BCUT2D eigenvalue weighted by Crippen LogP contribution is -1.87. The molecule has 0 aromatic heterocycles. The Kier molecular flexibility index (Phi) is 0.879. The van der Waals surface area contributed by atoms with E-state index in [1.807, 2.05) is 0 Å². The van der Waals surface area contributed by atoms with E-state index in [4.69, 9.17) is 0 Å². The second-order valence-corrected chi connectivity index (χ2v) is 3.38. The summed E-state index contributed by atoms with van der Waals surface area (Å²) >= 11 is 0. The molecular weight excluding hydrogens is 108 g/mol. The van der Waals surface area contributed by atoms with Gasteiger partial charge in [-0.3, -0.25) is 0 Å². The minimum Gasteiger partial charge on any atom is -0.0844 e. The van der Waals surface area contributed by atoms with Gasteiger partial charge in [0.15, 0.2) is 0 Å². The maximum absolute atomic E-state index is 2.37. The number of rotatable bonds is 0. The fourth-order valence-electron chi connectivity index (χ4n) is 1.55. The molecule has 0 radical (unpaired) electrons. The zero-order chi connectivity index (χ0) is 6.32. The Morgan fingerprint density at radius 3 is 3.22 bits per heavy atom. The summed E-state index contributed by atoms with van der Waals surface area (Å²) in [5.74, 6) is 0.872. The lowest BCUT2D eigenvalue weighted by Gasteiger charge is -1.96. The molecule has 1 fully saturated rings. The quantitative estimate of drug-likeness (QED) is 0.431. The van der Waals surface area contributed by atoms with Crippen molar-refractivity contribution in [2.24, 2.45) is 11.3 Å². The molecule has 2 aliphatic rings. The highest BCUT2D eigenvalue weighted by Gasteiger charge is 2.46. The highest BCUT2D eigenvalue weighted by molar-refractivity contribution is 5.22. The molecule has 0 N–H and O–H groups in total. The molecule has 2 aliphatic carbocycles. The maximum atomic E-state index is 2.37. The summed E-state index contributed by atoms with van der Waals surface area (Å²) in [7, 11) is 0. The molecule has 0 saturated heterocycles. The van der Waals surface area contributed by atoms with Gasteiger partial charge in [-0.15, -0.1) is 0 Å². The minimum absolute atomic E-state index is 0.562. The molecule has 0 unspecified atom stereocenters. The molecule has 0 amide bonds. The van der Waals surface area contributed by atoms with Crippen LogP contribution in [0.25, 0.3) is 0 Å². The highest BCUT2D eigenvalue weighted by Crippen LogP contribution is 2.55. The van der Waals surface area contributed by atoms with Crippen LogP contribution >= 0.6 is 0 Å². The van der Waals surface area contributed by atoms with E-state index < -0.39 is 0 Å². The standard InChI is InChI=1S/C9H12/c1-9-6-4-2-3-5-8(9)7-9/h3-6,8H,2,7H2,1H3/t8-,9+/m1/s1. The van der Waals surface area contributed by atoms with Crippen LogP contribution in [-0.2, 0) is 0 Å². The summed E-state index contributed by atoms with van der Waals surface area (Å²) in [6, 6.07) is 0. The number of hydrogen-bond acceptors (Lipinski definition) is 0. The van der Waals surface area contributed by atoms with Gasteiger partial charge in [-0.2, -0.15) is 0 Å². The van der Waals surface area contributed by atoms with E-state index in [1.54, 1.807) is 0 Å². The van der Waals surface area contributed by atoms with Gasteiger partial charge in [0.1, 0.15) is 0 Å². The van der Waals surface area contributed by atoms with E-state index in [0.29, 0.717) is 5.41 Å². The zero-order valence-electron chi connectivity index (χ0n) is 5.80. The van der Waals surface area contributed by atoms with Gasteiger partial charge in [-0.1, -0.05) is 31.2 Å². The van der Waals surface area contributed by atoms with Crippen LogP contribution in [0.5, 0.6) is 0 Å². The molecule has 48 valence electrons. The summed E-state index contributed by atoms with van der Waals surface area (Å²) in [5, 5.41) is 0. The van der Waals surface area contributed by atoms with Crippen molar-refractivity contribution in [3.63, 3.8) is 0 Å². The Morgan fingerprint density at radius 2 is 2.33 bits per heavy atom. The van der Waals surface area contributed by atoms with E-state index in [-0.39, 0.29) is 0 Å². The highest BCUT2D eigenvalue weighted by atomic mass is 14.5. The Bertz CT molecular complexity index is 176. The third kappa shape index (κ3) is 0.735. The van der Waals surface area contributed by atoms with E-state index in [9.17, 15) is 0 Å². The van der Waals surface area contributed by atoms with Crippen molar-refractivity contribution in [2.45, 2.75) is 19.8 Å². The maximum Gasteiger partial charge on any atom is -0.00775 e. The first-order chi connectivity index (χ1) is 4.31. The SMILES string of the molecule is C[C@@]12C=CCC=C[C@@H]1C2. The molecule has 2 atom stereocenters. The Labute approximate surface area is 56.3 Å². The first-order valence-electron chi connectivity index (χ1n) is 3.66. The van der Waals surface area contributed by atoms with Gasteiger partial charge in [0, 0.05) is 0 Å². The van der Waals surface area contributed by atoms with E-state index in [2.05, 4.69) is 31.2 Å². The number of hydrogen-bond donors (Lipinski definition) is 0. The van der Waals surface area contributed by atoms with Crippen LogP contribution < -0.4 is 0 Å². The average molecular weight is 120 g/mol. The third-order valence-corrected chi connectivity index (χ3v) is 2.49. The Hall–Kier alpha value is -0.520.